The van der Waals surface area contributed by atoms with Gasteiger partial charge in [0.2, 0.25) is 11.6 Å². The molecule has 1 atom stereocenters. The Labute approximate surface area is 136 Å². The maximum absolute atomic E-state index is 9.35. The van der Waals surface area contributed by atoms with E-state index in [0.717, 1.165) is 16.2 Å². The number of thioether (sulfide) groups is 1. The SMILES string of the molecule is N#CC1=NC23N=C(Nc4ccc(O)cc4)NC=C2C=CC=C3S1. The van der Waals surface area contributed by atoms with Gasteiger partial charge >= 0.3 is 0 Å². The van der Waals surface area contributed by atoms with E-state index in [1.54, 1.807) is 24.3 Å². The van der Waals surface area contributed by atoms with Crippen LogP contribution in [0.2, 0.25) is 0 Å². The number of phenolic OH excluding ortho intramolecular Hbond substituents is 1. The normalized spacial score (nSPS) is 24.1. The molecule has 4 rings (SSSR count). The number of guanidine groups is 1. The van der Waals surface area contributed by atoms with Crippen LogP contribution in [0.3, 0.4) is 0 Å². The number of anilines is 1. The molecule has 0 aromatic heterocycles. The maximum atomic E-state index is 9.35. The molecule has 1 aromatic rings. The third-order valence-corrected chi connectivity index (χ3v) is 4.62. The van der Waals surface area contributed by atoms with Gasteiger partial charge in [-0.3, -0.25) is 0 Å². The van der Waals surface area contributed by atoms with E-state index >= 15 is 0 Å². The van der Waals surface area contributed by atoms with Gasteiger partial charge in [0.15, 0.2) is 5.04 Å². The van der Waals surface area contributed by atoms with Gasteiger partial charge in [0, 0.05) is 22.4 Å². The second-order valence-electron chi connectivity index (χ2n) is 5.07. The minimum Gasteiger partial charge on any atom is -0.508 e. The van der Waals surface area contributed by atoms with Crippen molar-refractivity contribution in [1.82, 2.24) is 5.32 Å². The smallest absolute Gasteiger partial charge is 0.214 e. The van der Waals surface area contributed by atoms with E-state index in [-0.39, 0.29) is 5.75 Å². The van der Waals surface area contributed by atoms with E-state index in [9.17, 15) is 5.11 Å². The fourth-order valence-electron chi connectivity index (χ4n) is 2.54. The molecule has 0 saturated heterocycles. The Kier molecular flexibility index (Phi) is 2.99. The molecule has 3 N–H and O–H groups in total. The monoisotopic (exact) mass is 321 g/mol. The highest BCUT2D eigenvalue weighted by atomic mass is 32.2. The summed E-state index contributed by atoms with van der Waals surface area (Å²) in [4.78, 5) is 10.1. The molecule has 0 amide bonds. The summed E-state index contributed by atoms with van der Waals surface area (Å²) >= 11 is 1.34. The number of rotatable bonds is 1. The first kappa shape index (κ1) is 13.7. The lowest BCUT2D eigenvalue weighted by Crippen LogP contribution is -2.40. The lowest BCUT2D eigenvalue weighted by Gasteiger charge is -2.31. The van der Waals surface area contributed by atoms with Crippen molar-refractivity contribution < 1.29 is 5.11 Å². The Morgan fingerprint density at radius 1 is 1.26 bits per heavy atom. The molecule has 1 aliphatic carbocycles. The van der Waals surface area contributed by atoms with Crippen LogP contribution in [0, 0.1) is 11.3 Å². The predicted octanol–water partition coefficient (Wildman–Crippen LogP) is 2.47. The molecule has 7 heteroatoms. The first-order chi connectivity index (χ1) is 11.2. The van der Waals surface area contributed by atoms with Crippen molar-refractivity contribution in [3.8, 4) is 11.8 Å². The molecule has 112 valence electrons. The van der Waals surface area contributed by atoms with Crippen LogP contribution in [0.25, 0.3) is 0 Å². The molecular weight excluding hydrogens is 310 g/mol. The topological polar surface area (TPSA) is 92.8 Å². The summed E-state index contributed by atoms with van der Waals surface area (Å²) in [5, 5.41) is 25.2. The van der Waals surface area contributed by atoms with Gasteiger partial charge in [0.1, 0.15) is 11.8 Å². The van der Waals surface area contributed by atoms with Crippen molar-refractivity contribution in [2.24, 2.45) is 9.98 Å². The zero-order valence-corrected chi connectivity index (χ0v) is 12.6. The Morgan fingerprint density at radius 3 is 2.87 bits per heavy atom. The van der Waals surface area contributed by atoms with Gasteiger partial charge in [0.25, 0.3) is 0 Å². The van der Waals surface area contributed by atoms with Crippen molar-refractivity contribution in [2.75, 3.05) is 5.32 Å². The molecule has 3 aliphatic rings. The first-order valence-electron chi connectivity index (χ1n) is 6.89. The van der Waals surface area contributed by atoms with Crippen molar-refractivity contribution in [3.05, 3.63) is 59.2 Å². The Bertz CT molecular complexity index is 873. The number of hydrogen-bond donors (Lipinski definition) is 3. The first-order valence-corrected chi connectivity index (χ1v) is 7.71. The average molecular weight is 321 g/mol. The van der Waals surface area contributed by atoms with Gasteiger partial charge in [-0.15, -0.1) is 0 Å². The van der Waals surface area contributed by atoms with Gasteiger partial charge in [0.05, 0.1) is 0 Å². The second-order valence-corrected chi connectivity index (χ2v) is 6.10. The summed E-state index contributed by atoms with van der Waals surface area (Å²) in [6, 6.07) is 8.79. The summed E-state index contributed by atoms with van der Waals surface area (Å²) in [6.07, 6.45) is 7.63. The number of benzene rings is 1. The maximum Gasteiger partial charge on any atom is 0.214 e. The molecular formula is C16H11N5OS. The molecule has 0 radical (unpaired) electrons. The van der Waals surface area contributed by atoms with Crippen molar-refractivity contribution in [3.63, 3.8) is 0 Å². The number of nitrogens with zero attached hydrogens (tertiary/aromatic N) is 3. The van der Waals surface area contributed by atoms with Gasteiger partial charge in [-0.2, -0.15) is 5.26 Å². The molecule has 0 saturated carbocycles. The van der Waals surface area contributed by atoms with E-state index < -0.39 is 5.66 Å². The summed E-state index contributed by atoms with van der Waals surface area (Å²) in [6.45, 7) is 0. The standard InChI is InChI=1S/C16H11N5OS/c17-8-14-20-16-10(2-1-3-13(16)23-14)9-18-15(21-16)19-11-4-6-12(22)7-5-11/h1-7,9,22H,(H2,18,19,21). The number of allylic oxidation sites excluding steroid dienone is 2. The number of aliphatic imine (C=N–C) groups is 2. The zero-order chi connectivity index (χ0) is 15.9. The van der Waals surface area contributed by atoms with Gasteiger partial charge in [-0.1, -0.05) is 23.9 Å². The van der Waals surface area contributed by atoms with Crippen LogP contribution in [-0.2, 0) is 0 Å². The zero-order valence-electron chi connectivity index (χ0n) is 11.8. The van der Waals surface area contributed by atoms with Crippen molar-refractivity contribution >= 4 is 28.5 Å². The molecule has 1 spiro atoms. The molecule has 6 nitrogen and oxygen atoms in total. The molecule has 0 bridgehead atoms. The minimum absolute atomic E-state index is 0.202. The largest absolute Gasteiger partial charge is 0.508 e. The molecule has 23 heavy (non-hydrogen) atoms. The average Bonchev–Trinajstić information content (AvgIpc) is 2.93. The van der Waals surface area contributed by atoms with Crippen LogP contribution < -0.4 is 10.6 Å². The van der Waals surface area contributed by atoms with E-state index in [1.807, 2.05) is 24.4 Å². The lowest BCUT2D eigenvalue weighted by molar-refractivity contribution is 0.475. The van der Waals surface area contributed by atoms with Crippen LogP contribution in [-0.4, -0.2) is 21.8 Å². The van der Waals surface area contributed by atoms with Crippen molar-refractivity contribution in [2.45, 2.75) is 5.66 Å². The molecule has 2 heterocycles. The highest BCUT2D eigenvalue weighted by molar-refractivity contribution is 8.18. The number of aromatic hydroxyl groups is 1. The van der Waals surface area contributed by atoms with Crippen molar-refractivity contribution in [1.29, 1.82) is 5.26 Å². The molecule has 1 aromatic carbocycles. The number of phenols is 1. The second kappa shape index (κ2) is 5.04. The summed E-state index contributed by atoms with van der Waals surface area (Å²) in [5.74, 6) is 0.733. The van der Waals surface area contributed by atoms with Crippen LogP contribution in [0.4, 0.5) is 5.69 Å². The molecule has 1 unspecified atom stereocenters. The number of hydrogen-bond acceptors (Lipinski definition) is 7. The fourth-order valence-corrected chi connectivity index (χ4v) is 3.47. The van der Waals surface area contributed by atoms with Crippen LogP contribution in [0.5, 0.6) is 5.75 Å². The predicted molar refractivity (Wildman–Crippen MR) is 91.0 cm³/mol. The van der Waals surface area contributed by atoms with E-state index in [4.69, 9.17) is 10.3 Å². The highest BCUT2D eigenvalue weighted by Gasteiger charge is 2.46. The van der Waals surface area contributed by atoms with Crippen LogP contribution in [0.1, 0.15) is 0 Å². The third-order valence-electron chi connectivity index (χ3n) is 3.60. The van der Waals surface area contributed by atoms with Gasteiger partial charge in [-0.05, 0) is 30.3 Å². The minimum atomic E-state index is -0.866. The molecule has 0 fully saturated rings. The Morgan fingerprint density at radius 2 is 2.09 bits per heavy atom. The molecule has 2 aliphatic heterocycles. The third kappa shape index (κ3) is 2.20. The number of nitriles is 1. The van der Waals surface area contributed by atoms with E-state index in [2.05, 4.69) is 21.7 Å². The van der Waals surface area contributed by atoms with E-state index in [1.165, 1.54) is 11.8 Å². The van der Waals surface area contributed by atoms with Crippen LogP contribution in [0.15, 0.2) is 69.2 Å². The fraction of sp³-hybridized carbons (Fsp3) is 0.0625. The highest BCUT2D eigenvalue weighted by Crippen LogP contribution is 2.48. The number of nitrogens with one attached hydrogen (secondary N) is 2. The van der Waals surface area contributed by atoms with Gasteiger partial charge in [-0.25, -0.2) is 9.98 Å². The summed E-state index contributed by atoms with van der Waals surface area (Å²) < 4.78 is 0. The van der Waals surface area contributed by atoms with Gasteiger partial charge < -0.3 is 15.7 Å². The lowest BCUT2D eigenvalue weighted by atomic mass is 9.95. The summed E-state index contributed by atoms with van der Waals surface area (Å²) in [5.41, 5.74) is 0.813. The Hall–Kier alpha value is -2.98. The van der Waals surface area contributed by atoms with E-state index in [0.29, 0.717) is 11.0 Å². The van der Waals surface area contributed by atoms with Crippen LogP contribution >= 0.6 is 11.8 Å². The quantitative estimate of drug-likeness (QED) is 0.691. The summed E-state index contributed by atoms with van der Waals surface area (Å²) in [7, 11) is 0. The Balaban J connectivity index is 1.71.